The molecule has 0 heterocycles. The number of hydrogen-bond donors (Lipinski definition) is 2. The fourth-order valence-corrected chi connectivity index (χ4v) is 1.80. The first-order valence-corrected chi connectivity index (χ1v) is 6.52. The fraction of sp³-hybridized carbons (Fsp3) is 0.467. The van der Waals surface area contributed by atoms with Crippen molar-refractivity contribution in [2.75, 3.05) is 6.54 Å². The Bertz CT molecular complexity index is 443. The van der Waals surface area contributed by atoms with Gasteiger partial charge in [-0.1, -0.05) is 31.2 Å². The Morgan fingerprint density at radius 3 is 2.63 bits per heavy atom. The van der Waals surface area contributed by atoms with Crippen LogP contribution in [0.25, 0.3) is 0 Å². The smallest absolute Gasteiger partial charge is 0.303 e. The summed E-state index contributed by atoms with van der Waals surface area (Å²) in [6.07, 6.45) is 1.10. The van der Waals surface area contributed by atoms with Crippen molar-refractivity contribution >= 4 is 11.9 Å². The third-order valence-electron chi connectivity index (χ3n) is 3.11. The number of nitrogens with one attached hydrogen (secondary N) is 1. The van der Waals surface area contributed by atoms with Crippen LogP contribution in [0, 0.1) is 12.8 Å². The van der Waals surface area contributed by atoms with Crippen molar-refractivity contribution in [3.05, 3.63) is 35.4 Å². The van der Waals surface area contributed by atoms with Gasteiger partial charge in [-0.3, -0.25) is 9.59 Å². The van der Waals surface area contributed by atoms with Gasteiger partial charge in [-0.05, 0) is 30.4 Å². The molecule has 4 nitrogen and oxygen atoms in total. The molecule has 0 aliphatic heterocycles. The van der Waals surface area contributed by atoms with Crippen molar-refractivity contribution < 1.29 is 14.7 Å². The minimum Gasteiger partial charge on any atom is -0.481 e. The molecule has 4 heteroatoms. The Hall–Kier alpha value is -1.84. The van der Waals surface area contributed by atoms with E-state index in [0.717, 1.165) is 11.1 Å². The van der Waals surface area contributed by atoms with E-state index in [0.29, 0.717) is 19.4 Å². The number of aryl methyl sites for hydroxylation is 1. The molecule has 1 amide bonds. The zero-order valence-electron chi connectivity index (χ0n) is 11.5. The topological polar surface area (TPSA) is 66.4 Å². The predicted molar refractivity (Wildman–Crippen MR) is 73.9 cm³/mol. The molecule has 0 fully saturated rings. The molecule has 19 heavy (non-hydrogen) atoms. The van der Waals surface area contributed by atoms with Crippen LogP contribution < -0.4 is 5.32 Å². The second kappa shape index (κ2) is 7.56. The first-order valence-electron chi connectivity index (χ1n) is 6.52. The van der Waals surface area contributed by atoms with Gasteiger partial charge in [0.2, 0.25) is 5.91 Å². The van der Waals surface area contributed by atoms with Gasteiger partial charge in [0.25, 0.3) is 0 Å². The molecular weight excluding hydrogens is 242 g/mol. The molecule has 0 bridgehead atoms. The average Bonchev–Trinajstić information content (AvgIpc) is 2.36. The lowest BCUT2D eigenvalue weighted by Crippen LogP contribution is -2.30. The summed E-state index contributed by atoms with van der Waals surface area (Å²) < 4.78 is 0. The zero-order valence-corrected chi connectivity index (χ0v) is 11.5. The molecule has 0 aliphatic rings. The Balaban J connectivity index is 2.32. The summed E-state index contributed by atoms with van der Waals surface area (Å²) >= 11 is 0. The molecule has 1 unspecified atom stereocenters. The molecule has 1 aromatic rings. The van der Waals surface area contributed by atoms with E-state index < -0.39 is 5.97 Å². The molecule has 0 saturated heterocycles. The van der Waals surface area contributed by atoms with E-state index in [4.69, 9.17) is 5.11 Å². The van der Waals surface area contributed by atoms with Gasteiger partial charge in [-0.2, -0.15) is 0 Å². The van der Waals surface area contributed by atoms with Crippen LogP contribution in [0.1, 0.15) is 30.9 Å². The van der Waals surface area contributed by atoms with Gasteiger partial charge in [-0.15, -0.1) is 0 Å². The van der Waals surface area contributed by atoms with Crippen LogP contribution >= 0.6 is 0 Å². The van der Waals surface area contributed by atoms with Crippen molar-refractivity contribution in [3.8, 4) is 0 Å². The van der Waals surface area contributed by atoms with Gasteiger partial charge in [0, 0.05) is 13.0 Å². The summed E-state index contributed by atoms with van der Waals surface area (Å²) in [4.78, 5) is 22.2. The van der Waals surface area contributed by atoms with E-state index in [2.05, 4.69) is 5.32 Å². The molecule has 0 spiro atoms. The van der Waals surface area contributed by atoms with E-state index in [1.807, 2.05) is 38.1 Å². The Labute approximate surface area is 113 Å². The van der Waals surface area contributed by atoms with Crippen LogP contribution in [0.4, 0.5) is 0 Å². The first-order chi connectivity index (χ1) is 8.99. The van der Waals surface area contributed by atoms with Crippen molar-refractivity contribution in [1.29, 1.82) is 0 Å². The van der Waals surface area contributed by atoms with E-state index in [1.165, 1.54) is 0 Å². The van der Waals surface area contributed by atoms with Gasteiger partial charge >= 0.3 is 5.97 Å². The molecule has 104 valence electrons. The molecule has 0 radical (unpaired) electrons. The molecule has 0 aromatic heterocycles. The van der Waals surface area contributed by atoms with Gasteiger partial charge in [-0.25, -0.2) is 0 Å². The number of rotatable bonds is 7. The standard InChI is InChI=1S/C15H21NO3/c1-11(7-8-15(18)19)10-16-14(17)9-13-6-4-3-5-12(13)2/h3-6,11H,7-10H2,1-2H3,(H,16,17)(H,18,19). The Morgan fingerprint density at radius 1 is 1.32 bits per heavy atom. The fourth-order valence-electron chi connectivity index (χ4n) is 1.80. The molecule has 1 atom stereocenters. The second-order valence-electron chi connectivity index (χ2n) is 4.94. The minimum absolute atomic E-state index is 0.0172. The van der Waals surface area contributed by atoms with Gasteiger partial charge in [0.1, 0.15) is 0 Å². The SMILES string of the molecule is Cc1ccccc1CC(=O)NCC(C)CCC(=O)O. The number of carboxylic acids is 1. The number of hydrogen-bond acceptors (Lipinski definition) is 2. The van der Waals surface area contributed by atoms with Gasteiger partial charge < -0.3 is 10.4 Å². The minimum atomic E-state index is -0.793. The maximum atomic E-state index is 11.8. The summed E-state index contributed by atoms with van der Waals surface area (Å²) in [5.74, 6) is -0.633. The van der Waals surface area contributed by atoms with Crippen LogP contribution in [0.3, 0.4) is 0 Å². The highest BCUT2D eigenvalue weighted by atomic mass is 16.4. The zero-order chi connectivity index (χ0) is 14.3. The number of carbonyl (C=O) groups is 2. The predicted octanol–water partition coefficient (Wildman–Crippen LogP) is 2.15. The van der Waals surface area contributed by atoms with Gasteiger partial charge in [0.15, 0.2) is 0 Å². The molecule has 1 aromatic carbocycles. The summed E-state index contributed by atoms with van der Waals surface area (Å²) in [6, 6.07) is 7.80. The summed E-state index contributed by atoms with van der Waals surface area (Å²) in [7, 11) is 0. The maximum absolute atomic E-state index is 11.8. The maximum Gasteiger partial charge on any atom is 0.303 e. The van der Waals surface area contributed by atoms with Gasteiger partial charge in [0.05, 0.1) is 6.42 Å². The van der Waals surface area contributed by atoms with E-state index in [-0.39, 0.29) is 18.2 Å². The largest absolute Gasteiger partial charge is 0.481 e. The summed E-state index contributed by atoms with van der Waals surface area (Å²) in [6.45, 7) is 4.45. The summed E-state index contributed by atoms with van der Waals surface area (Å²) in [5, 5.41) is 11.4. The first kappa shape index (κ1) is 15.2. The Kier molecular flexibility index (Phi) is 6.06. The number of benzene rings is 1. The number of carbonyl (C=O) groups excluding carboxylic acids is 1. The number of aliphatic carboxylic acids is 1. The lowest BCUT2D eigenvalue weighted by molar-refractivity contribution is -0.137. The van der Waals surface area contributed by atoms with Crippen LogP contribution in [-0.4, -0.2) is 23.5 Å². The van der Waals surface area contributed by atoms with Crippen LogP contribution in [0.2, 0.25) is 0 Å². The Morgan fingerprint density at radius 2 is 2.00 bits per heavy atom. The lowest BCUT2D eigenvalue weighted by atomic mass is 10.0. The highest BCUT2D eigenvalue weighted by molar-refractivity contribution is 5.78. The van der Waals surface area contributed by atoms with Crippen molar-refractivity contribution in [2.45, 2.75) is 33.1 Å². The summed E-state index contributed by atoms with van der Waals surface area (Å²) in [5.41, 5.74) is 2.13. The lowest BCUT2D eigenvalue weighted by Gasteiger charge is -2.12. The third-order valence-corrected chi connectivity index (χ3v) is 3.11. The number of amides is 1. The van der Waals surface area contributed by atoms with Crippen molar-refractivity contribution in [1.82, 2.24) is 5.32 Å². The highest BCUT2D eigenvalue weighted by Gasteiger charge is 2.09. The third kappa shape index (κ3) is 6.04. The van der Waals surface area contributed by atoms with E-state index >= 15 is 0 Å². The quantitative estimate of drug-likeness (QED) is 0.792. The van der Waals surface area contributed by atoms with Crippen molar-refractivity contribution in [3.63, 3.8) is 0 Å². The normalized spacial score (nSPS) is 11.9. The van der Waals surface area contributed by atoms with E-state index in [9.17, 15) is 9.59 Å². The van der Waals surface area contributed by atoms with E-state index in [1.54, 1.807) is 0 Å². The molecule has 0 aliphatic carbocycles. The molecule has 2 N–H and O–H groups in total. The average molecular weight is 263 g/mol. The van der Waals surface area contributed by atoms with Crippen LogP contribution in [0.5, 0.6) is 0 Å². The van der Waals surface area contributed by atoms with Crippen molar-refractivity contribution in [2.24, 2.45) is 5.92 Å². The molecule has 0 saturated carbocycles. The molecule has 1 rings (SSSR count). The molecular formula is C15H21NO3. The second-order valence-corrected chi connectivity index (χ2v) is 4.94. The highest BCUT2D eigenvalue weighted by Crippen LogP contribution is 2.08. The number of carboxylic acid groups (broad SMARTS) is 1. The van der Waals surface area contributed by atoms with Crippen LogP contribution in [0.15, 0.2) is 24.3 Å². The monoisotopic (exact) mass is 263 g/mol. The van der Waals surface area contributed by atoms with Crippen LogP contribution in [-0.2, 0) is 16.0 Å².